The predicted molar refractivity (Wildman–Crippen MR) is 113 cm³/mol. The molecule has 4 rings (SSSR count). The molecule has 152 valence electrons. The van der Waals surface area contributed by atoms with Gasteiger partial charge in [-0.15, -0.1) is 0 Å². The molecule has 1 atom stereocenters. The maximum atomic E-state index is 12.7. The third-order valence-electron chi connectivity index (χ3n) is 5.87. The smallest absolute Gasteiger partial charge is 0.227 e. The molecule has 0 aliphatic carbocycles. The average Bonchev–Trinajstić information content (AvgIpc) is 2.77. The monoisotopic (exact) mass is 393 g/mol. The number of nitrogens with zero attached hydrogens (tertiary/aromatic N) is 2. The van der Waals surface area contributed by atoms with E-state index in [9.17, 15) is 9.59 Å². The number of fused-ring (bicyclic) bond motifs is 1. The topological polar surface area (TPSA) is 61.9 Å². The van der Waals surface area contributed by atoms with Gasteiger partial charge in [0, 0.05) is 56.0 Å². The first-order valence-corrected chi connectivity index (χ1v) is 10.2. The third-order valence-corrected chi connectivity index (χ3v) is 5.87. The summed E-state index contributed by atoms with van der Waals surface area (Å²) in [5.41, 5.74) is 3.17. The van der Waals surface area contributed by atoms with Crippen molar-refractivity contribution in [3.05, 3.63) is 54.1 Å². The van der Waals surface area contributed by atoms with Crippen LogP contribution in [0.2, 0.25) is 0 Å². The first-order valence-electron chi connectivity index (χ1n) is 10.2. The Morgan fingerprint density at radius 2 is 1.90 bits per heavy atom. The molecular formula is C23H27N3O3. The van der Waals surface area contributed by atoms with Crippen LogP contribution in [0.4, 0.5) is 11.4 Å². The van der Waals surface area contributed by atoms with Gasteiger partial charge in [0.1, 0.15) is 5.75 Å². The lowest BCUT2D eigenvalue weighted by molar-refractivity contribution is -0.132. The van der Waals surface area contributed by atoms with Crippen LogP contribution in [0.1, 0.15) is 18.4 Å². The second kappa shape index (κ2) is 8.55. The fraction of sp³-hybridized carbons (Fsp3) is 0.391. The van der Waals surface area contributed by atoms with E-state index in [1.807, 2.05) is 47.4 Å². The number of piperazine rings is 1. The number of nitrogens with one attached hydrogen (secondary N) is 1. The molecule has 0 radical (unpaired) electrons. The number of para-hydroxylation sites is 1. The van der Waals surface area contributed by atoms with Crippen molar-refractivity contribution in [2.24, 2.45) is 5.92 Å². The molecule has 29 heavy (non-hydrogen) atoms. The van der Waals surface area contributed by atoms with E-state index in [2.05, 4.69) is 16.3 Å². The van der Waals surface area contributed by atoms with E-state index in [1.54, 1.807) is 7.11 Å². The van der Waals surface area contributed by atoms with Gasteiger partial charge in [-0.25, -0.2) is 0 Å². The minimum Gasteiger partial charge on any atom is -0.497 e. The summed E-state index contributed by atoms with van der Waals surface area (Å²) in [5, 5.41) is 2.97. The van der Waals surface area contributed by atoms with Crippen LogP contribution in [-0.2, 0) is 16.0 Å². The minimum atomic E-state index is -0.132. The Kier molecular flexibility index (Phi) is 5.69. The fourth-order valence-electron chi connectivity index (χ4n) is 4.12. The molecule has 0 saturated carbocycles. The third kappa shape index (κ3) is 4.36. The average molecular weight is 393 g/mol. The van der Waals surface area contributed by atoms with Crippen LogP contribution in [0.25, 0.3) is 0 Å². The lowest BCUT2D eigenvalue weighted by atomic mass is 9.89. The molecule has 2 heterocycles. The standard InChI is InChI=1S/C23H27N3O3/c1-29-20-7-4-6-19(16-20)25-11-13-26(14-12-25)22(27)10-9-18-15-17-5-2-3-8-21(17)24-23(18)28/h2-8,16,18H,9-15H2,1H3,(H,24,28). The maximum absolute atomic E-state index is 12.7. The van der Waals surface area contributed by atoms with Gasteiger partial charge in [-0.1, -0.05) is 24.3 Å². The van der Waals surface area contributed by atoms with E-state index in [4.69, 9.17) is 4.74 Å². The van der Waals surface area contributed by atoms with Crippen molar-refractivity contribution in [2.75, 3.05) is 43.5 Å². The lowest BCUT2D eigenvalue weighted by Gasteiger charge is -2.36. The van der Waals surface area contributed by atoms with Crippen molar-refractivity contribution in [1.29, 1.82) is 0 Å². The van der Waals surface area contributed by atoms with E-state index < -0.39 is 0 Å². The minimum absolute atomic E-state index is 0.0272. The zero-order valence-corrected chi connectivity index (χ0v) is 16.8. The van der Waals surface area contributed by atoms with Gasteiger partial charge in [0.15, 0.2) is 0 Å². The Morgan fingerprint density at radius 3 is 2.69 bits per heavy atom. The van der Waals surface area contributed by atoms with Crippen LogP contribution in [-0.4, -0.2) is 50.0 Å². The van der Waals surface area contributed by atoms with E-state index in [0.717, 1.165) is 35.8 Å². The van der Waals surface area contributed by atoms with E-state index in [1.165, 1.54) is 0 Å². The van der Waals surface area contributed by atoms with Gasteiger partial charge in [0.05, 0.1) is 7.11 Å². The zero-order valence-electron chi connectivity index (χ0n) is 16.8. The summed E-state index contributed by atoms with van der Waals surface area (Å²) in [4.78, 5) is 29.2. The number of carbonyl (C=O) groups excluding carboxylic acids is 2. The van der Waals surface area contributed by atoms with Crippen LogP contribution < -0.4 is 15.0 Å². The number of hydrogen-bond donors (Lipinski definition) is 1. The van der Waals surface area contributed by atoms with Crippen LogP contribution >= 0.6 is 0 Å². The predicted octanol–water partition coefficient (Wildman–Crippen LogP) is 2.94. The summed E-state index contributed by atoms with van der Waals surface area (Å²) in [6.45, 7) is 3.01. The molecule has 2 aromatic carbocycles. The van der Waals surface area contributed by atoms with Crippen LogP contribution in [0.5, 0.6) is 5.75 Å². The zero-order chi connectivity index (χ0) is 20.2. The number of methoxy groups -OCH3 is 1. The molecule has 6 heteroatoms. The SMILES string of the molecule is COc1cccc(N2CCN(C(=O)CCC3Cc4ccccc4NC3=O)CC2)c1. The quantitative estimate of drug-likeness (QED) is 0.849. The van der Waals surface area contributed by atoms with Crippen LogP contribution in [0.15, 0.2) is 48.5 Å². The molecule has 2 aliphatic heterocycles. The number of benzene rings is 2. The Bertz CT molecular complexity index is 890. The summed E-state index contributed by atoms with van der Waals surface area (Å²) < 4.78 is 5.30. The van der Waals surface area contributed by atoms with Crippen molar-refractivity contribution >= 4 is 23.2 Å². The van der Waals surface area contributed by atoms with E-state index in [0.29, 0.717) is 32.4 Å². The molecule has 0 bridgehead atoms. The van der Waals surface area contributed by atoms with Gasteiger partial charge in [-0.05, 0) is 36.6 Å². The van der Waals surface area contributed by atoms with Crippen molar-refractivity contribution in [2.45, 2.75) is 19.3 Å². The Hall–Kier alpha value is -3.02. The highest BCUT2D eigenvalue weighted by molar-refractivity contribution is 5.96. The molecule has 1 fully saturated rings. The summed E-state index contributed by atoms with van der Waals surface area (Å²) in [6.07, 6.45) is 1.72. The Morgan fingerprint density at radius 1 is 1.10 bits per heavy atom. The molecule has 1 unspecified atom stereocenters. The van der Waals surface area contributed by atoms with Crippen LogP contribution in [0.3, 0.4) is 0 Å². The highest BCUT2D eigenvalue weighted by Gasteiger charge is 2.28. The van der Waals surface area contributed by atoms with Gasteiger partial charge in [-0.3, -0.25) is 9.59 Å². The second-order valence-corrected chi connectivity index (χ2v) is 7.66. The summed E-state index contributed by atoms with van der Waals surface area (Å²) >= 11 is 0. The first-order chi connectivity index (χ1) is 14.1. The Labute approximate surface area is 171 Å². The number of anilines is 2. The van der Waals surface area contributed by atoms with Crippen molar-refractivity contribution < 1.29 is 14.3 Å². The van der Waals surface area contributed by atoms with Gasteiger partial charge >= 0.3 is 0 Å². The molecule has 0 aromatic heterocycles. The van der Waals surface area contributed by atoms with E-state index in [-0.39, 0.29) is 17.7 Å². The fourth-order valence-corrected chi connectivity index (χ4v) is 4.12. The highest BCUT2D eigenvalue weighted by atomic mass is 16.5. The second-order valence-electron chi connectivity index (χ2n) is 7.66. The molecular weight excluding hydrogens is 366 g/mol. The van der Waals surface area contributed by atoms with Crippen molar-refractivity contribution in [1.82, 2.24) is 4.90 Å². The summed E-state index contributed by atoms with van der Waals surface area (Å²) in [7, 11) is 1.67. The van der Waals surface area contributed by atoms with Crippen molar-refractivity contribution in [3.8, 4) is 5.75 Å². The molecule has 2 amide bonds. The number of carbonyl (C=O) groups is 2. The van der Waals surface area contributed by atoms with Gasteiger partial charge in [0.25, 0.3) is 0 Å². The molecule has 0 spiro atoms. The molecule has 1 N–H and O–H groups in total. The van der Waals surface area contributed by atoms with Gasteiger partial charge in [-0.2, -0.15) is 0 Å². The number of ether oxygens (including phenoxy) is 1. The summed E-state index contributed by atoms with van der Waals surface area (Å²) in [6, 6.07) is 15.9. The largest absolute Gasteiger partial charge is 0.497 e. The molecule has 2 aliphatic rings. The van der Waals surface area contributed by atoms with Crippen molar-refractivity contribution in [3.63, 3.8) is 0 Å². The number of hydrogen-bond acceptors (Lipinski definition) is 4. The maximum Gasteiger partial charge on any atom is 0.227 e. The highest BCUT2D eigenvalue weighted by Crippen LogP contribution is 2.28. The van der Waals surface area contributed by atoms with Gasteiger partial charge in [0.2, 0.25) is 11.8 Å². The lowest BCUT2D eigenvalue weighted by Crippen LogP contribution is -2.49. The Balaban J connectivity index is 1.27. The number of amides is 2. The normalized spacial score (nSPS) is 18.8. The van der Waals surface area contributed by atoms with Gasteiger partial charge < -0.3 is 19.9 Å². The first kappa shape index (κ1) is 19.3. The number of rotatable bonds is 5. The van der Waals surface area contributed by atoms with E-state index >= 15 is 0 Å². The van der Waals surface area contributed by atoms with Crippen LogP contribution in [0, 0.1) is 5.92 Å². The summed E-state index contributed by atoms with van der Waals surface area (Å²) in [5.74, 6) is 0.876. The molecule has 6 nitrogen and oxygen atoms in total. The molecule has 1 saturated heterocycles. The molecule has 2 aromatic rings.